The van der Waals surface area contributed by atoms with Gasteiger partial charge >= 0.3 is 18.1 Å². The van der Waals surface area contributed by atoms with Crippen LogP contribution in [0.1, 0.15) is 58.2 Å². The summed E-state index contributed by atoms with van der Waals surface area (Å²) in [6, 6.07) is 0. The number of rotatable bonds is 5. The predicted octanol–water partition coefficient (Wildman–Crippen LogP) is 4.37. The van der Waals surface area contributed by atoms with E-state index in [0.29, 0.717) is 12.8 Å². The largest absolute Gasteiger partial charge is 0.467 e. The molecule has 2 aliphatic rings. The Balaban J connectivity index is 1.77. The number of nitrogens with zero attached hydrogens (tertiary/aromatic N) is 4. The van der Waals surface area contributed by atoms with Crippen LogP contribution in [0.3, 0.4) is 0 Å². The number of carbonyl (C=O) groups is 1. The minimum atomic E-state index is -4.70. The van der Waals surface area contributed by atoms with Gasteiger partial charge in [-0.05, 0) is 24.7 Å². The molecule has 160 valence electrons. The van der Waals surface area contributed by atoms with E-state index in [4.69, 9.17) is 14.2 Å². The molecule has 12 heteroatoms. The summed E-state index contributed by atoms with van der Waals surface area (Å²) in [6.07, 6.45) is 0.0724. The monoisotopic (exact) mass is 417 g/mol. The van der Waals surface area contributed by atoms with Gasteiger partial charge in [-0.25, -0.2) is 4.79 Å². The lowest BCUT2D eigenvalue weighted by Crippen LogP contribution is -2.47. The zero-order valence-electron chi connectivity index (χ0n) is 16.3. The highest BCUT2D eigenvalue weighted by Crippen LogP contribution is 2.48. The van der Waals surface area contributed by atoms with Crippen molar-refractivity contribution in [1.29, 1.82) is 0 Å². The SMILES string of the molecule is CCCC1(C)CCC2(CC1)OC(=O)C(N=Nc1n[nH]c(C(F)(F)F)n1)=C(OC)O2. The Morgan fingerprint density at radius 1 is 1.21 bits per heavy atom. The van der Waals surface area contributed by atoms with Crippen molar-refractivity contribution >= 4 is 11.9 Å². The lowest BCUT2D eigenvalue weighted by Gasteiger charge is -2.45. The van der Waals surface area contributed by atoms with Crippen LogP contribution in [0.4, 0.5) is 19.1 Å². The highest BCUT2D eigenvalue weighted by atomic mass is 19.4. The van der Waals surface area contributed by atoms with E-state index < -0.39 is 35.4 Å². The number of hydrogen-bond donors (Lipinski definition) is 1. The summed E-state index contributed by atoms with van der Waals surface area (Å²) in [5.74, 6) is -4.09. The summed E-state index contributed by atoms with van der Waals surface area (Å²) >= 11 is 0. The molecule has 0 bridgehead atoms. The van der Waals surface area contributed by atoms with Crippen molar-refractivity contribution in [3.8, 4) is 0 Å². The van der Waals surface area contributed by atoms with Gasteiger partial charge in [0.05, 0.1) is 7.11 Å². The maximum atomic E-state index is 12.6. The van der Waals surface area contributed by atoms with Crippen molar-refractivity contribution in [3.05, 3.63) is 17.5 Å². The maximum absolute atomic E-state index is 12.6. The Kier molecular flexibility index (Phi) is 5.54. The topological polar surface area (TPSA) is 111 Å². The summed E-state index contributed by atoms with van der Waals surface area (Å²) in [4.78, 5) is 15.6. The van der Waals surface area contributed by atoms with Crippen LogP contribution in [0, 0.1) is 5.41 Å². The fourth-order valence-corrected chi connectivity index (χ4v) is 3.57. The van der Waals surface area contributed by atoms with Crippen LogP contribution in [0.5, 0.6) is 0 Å². The normalized spacial score (nSPS) is 28.0. The first-order valence-corrected chi connectivity index (χ1v) is 9.22. The van der Waals surface area contributed by atoms with Crippen molar-refractivity contribution in [2.45, 2.75) is 64.3 Å². The summed E-state index contributed by atoms with van der Waals surface area (Å²) in [6.45, 7) is 4.33. The average Bonchev–Trinajstić information content (AvgIpc) is 3.13. The first kappa shape index (κ1) is 21.1. The minimum absolute atomic E-state index is 0.161. The number of aromatic amines is 1. The molecule has 1 aromatic rings. The molecule has 0 amide bonds. The summed E-state index contributed by atoms with van der Waals surface area (Å²) < 4.78 is 54.1. The fraction of sp³-hybridized carbons (Fsp3) is 0.706. The zero-order valence-corrected chi connectivity index (χ0v) is 16.3. The molecule has 9 nitrogen and oxygen atoms in total. The second kappa shape index (κ2) is 7.64. The number of methoxy groups -OCH3 is 1. The molecule has 0 unspecified atom stereocenters. The molecule has 2 heterocycles. The van der Waals surface area contributed by atoms with E-state index in [1.807, 2.05) is 0 Å². The van der Waals surface area contributed by atoms with Crippen molar-refractivity contribution in [1.82, 2.24) is 15.2 Å². The van der Waals surface area contributed by atoms with Crippen LogP contribution in [-0.2, 0) is 25.2 Å². The van der Waals surface area contributed by atoms with Crippen LogP contribution < -0.4 is 0 Å². The van der Waals surface area contributed by atoms with E-state index in [9.17, 15) is 18.0 Å². The molecule has 3 rings (SSSR count). The van der Waals surface area contributed by atoms with Gasteiger partial charge in [-0.1, -0.05) is 20.3 Å². The van der Waals surface area contributed by atoms with Crippen molar-refractivity contribution in [2.24, 2.45) is 15.6 Å². The number of H-pyrrole nitrogens is 1. The number of aromatic nitrogens is 3. The van der Waals surface area contributed by atoms with Crippen molar-refractivity contribution in [3.63, 3.8) is 0 Å². The van der Waals surface area contributed by atoms with Gasteiger partial charge in [0.2, 0.25) is 5.82 Å². The zero-order chi connectivity index (χ0) is 21.3. The fourth-order valence-electron chi connectivity index (χ4n) is 3.57. The second-order valence-electron chi connectivity index (χ2n) is 7.48. The van der Waals surface area contributed by atoms with Gasteiger partial charge in [-0.2, -0.15) is 18.2 Å². The number of halogens is 3. The van der Waals surface area contributed by atoms with Gasteiger partial charge in [-0.15, -0.1) is 15.3 Å². The molecule has 1 spiro atoms. The van der Waals surface area contributed by atoms with Crippen LogP contribution in [-0.4, -0.2) is 34.0 Å². The molecule has 1 aliphatic heterocycles. The van der Waals surface area contributed by atoms with E-state index in [2.05, 4.69) is 34.2 Å². The minimum Gasteiger partial charge on any atom is -0.467 e. The van der Waals surface area contributed by atoms with E-state index in [1.165, 1.54) is 7.11 Å². The quantitative estimate of drug-likeness (QED) is 0.562. The Labute approximate surface area is 164 Å². The number of hydrogen-bond acceptors (Lipinski definition) is 8. The van der Waals surface area contributed by atoms with Crippen molar-refractivity contribution < 1.29 is 32.2 Å². The first-order valence-electron chi connectivity index (χ1n) is 9.22. The van der Waals surface area contributed by atoms with E-state index in [1.54, 1.807) is 5.10 Å². The molecule has 1 saturated carbocycles. The lowest BCUT2D eigenvalue weighted by molar-refractivity contribution is -0.259. The Bertz CT molecular complexity index is 825. The van der Waals surface area contributed by atoms with E-state index >= 15 is 0 Å². The average molecular weight is 417 g/mol. The molecule has 1 aliphatic carbocycles. The van der Waals surface area contributed by atoms with Gasteiger partial charge < -0.3 is 14.2 Å². The molecule has 29 heavy (non-hydrogen) atoms. The molecule has 0 saturated heterocycles. The molecule has 0 aromatic carbocycles. The van der Waals surface area contributed by atoms with Gasteiger partial charge in [0.1, 0.15) is 0 Å². The third kappa shape index (κ3) is 4.51. The number of ether oxygens (including phenoxy) is 3. The van der Waals surface area contributed by atoms with Gasteiger partial charge in [-0.3, -0.25) is 5.10 Å². The molecule has 1 N–H and O–H groups in total. The van der Waals surface area contributed by atoms with Crippen LogP contribution in [0.15, 0.2) is 21.9 Å². The third-order valence-electron chi connectivity index (χ3n) is 5.18. The van der Waals surface area contributed by atoms with Gasteiger partial charge in [0, 0.05) is 12.8 Å². The molecular formula is C17H22F3N5O4. The number of carbonyl (C=O) groups excluding carboxylic acids is 1. The van der Waals surface area contributed by atoms with E-state index in [0.717, 1.165) is 25.7 Å². The molecular weight excluding hydrogens is 395 g/mol. The summed E-state index contributed by atoms with van der Waals surface area (Å²) in [5.41, 5.74) is -0.243. The first-order chi connectivity index (χ1) is 13.6. The third-order valence-corrected chi connectivity index (χ3v) is 5.18. The number of nitrogens with one attached hydrogen (secondary N) is 1. The second-order valence-corrected chi connectivity index (χ2v) is 7.48. The Morgan fingerprint density at radius 3 is 2.45 bits per heavy atom. The highest BCUT2D eigenvalue weighted by molar-refractivity contribution is 5.89. The summed E-state index contributed by atoms with van der Waals surface area (Å²) in [7, 11) is 1.29. The van der Waals surface area contributed by atoms with Gasteiger partial charge in [0.25, 0.3) is 17.4 Å². The molecule has 1 aromatic heterocycles. The molecule has 1 fully saturated rings. The number of azo groups is 1. The maximum Gasteiger partial charge on any atom is 0.451 e. The van der Waals surface area contributed by atoms with Crippen molar-refractivity contribution in [2.75, 3.05) is 7.11 Å². The van der Waals surface area contributed by atoms with E-state index in [-0.39, 0.29) is 11.4 Å². The summed E-state index contributed by atoms with van der Waals surface area (Å²) in [5, 5.41) is 12.0. The van der Waals surface area contributed by atoms with Crippen LogP contribution in [0.2, 0.25) is 0 Å². The smallest absolute Gasteiger partial charge is 0.451 e. The predicted molar refractivity (Wildman–Crippen MR) is 91.3 cm³/mol. The highest BCUT2D eigenvalue weighted by Gasteiger charge is 2.49. The number of alkyl halides is 3. The Hall–Kier alpha value is -2.66. The Morgan fingerprint density at radius 2 is 1.90 bits per heavy atom. The van der Waals surface area contributed by atoms with Crippen LogP contribution >= 0.6 is 0 Å². The van der Waals surface area contributed by atoms with Crippen LogP contribution in [0.25, 0.3) is 0 Å². The number of esters is 1. The standard InChI is InChI=1S/C17H22F3N5O4/c1-4-5-15(2)6-8-16(9-7-15)28-11(26)10(12(27-3)29-16)22-24-14-21-13(23-25-14)17(18,19)20/h4-9H2,1-3H3,(H,21,23,25). The lowest BCUT2D eigenvalue weighted by atomic mass is 9.71. The van der Waals surface area contributed by atoms with Gasteiger partial charge in [0.15, 0.2) is 0 Å². The molecule has 0 radical (unpaired) electrons. The molecule has 0 atom stereocenters.